The lowest BCUT2D eigenvalue weighted by atomic mass is 10.1. The first kappa shape index (κ1) is 23.8. The third-order valence-electron chi connectivity index (χ3n) is 5.29. The first-order valence-electron chi connectivity index (χ1n) is 11.3. The van der Waals surface area contributed by atoms with Gasteiger partial charge in [0.2, 0.25) is 11.8 Å². The van der Waals surface area contributed by atoms with Gasteiger partial charge < -0.3 is 9.47 Å². The maximum atomic E-state index is 12.4. The Morgan fingerprint density at radius 3 is 1.46 bits per heavy atom. The van der Waals surface area contributed by atoms with Gasteiger partial charge in [-0.25, -0.2) is 19.6 Å². The molecule has 0 fully saturated rings. The van der Waals surface area contributed by atoms with E-state index in [-0.39, 0.29) is 68.6 Å². The zero-order valence-electron chi connectivity index (χ0n) is 19.0. The maximum Gasteiger partial charge on any atom is 0.354 e. The average Bonchev–Trinajstić information content (AvgIpc) is 2.89. The molecule has 2 aromatic rings. The number of ether oxygens (including phenoxy) is 2. The van der Waals surface area contributed by atoms with Crippen LogP contribution in [0, 0.1) is 0 Å². The van der Waals surface area contributed by atoms with E-state index in [9.17, 15) is 19.2 Å². The number of carbonyl (C=O) groups excluding carboxylic acids is 4. The number of hydrazone groups is 2. The molecular formula is C25H24N4O6. The fourth-order valence-electron chi connectivity index (χ4n) is 3.50. The van der Waals surface area contributed by atoms with Gasteiger partial charge >= 0.3 is 11.9 Å². The molecule has 4 rings (SSSR count). The van der Waals surface area contributed by atoms with Crippen molar-refractivity contribution in [1.29, 1.82) is 0 Å². The Labute approximate surface area is 201 Å². The van der Waals surface area contributed by atoms with Crippen molar-refractivity contribution in [2.24, 2.45) is 10.2 Å². The summed E-state index contributed by atoms with van der Waals surface area (Å²) in [6.45, 7) is 0.0387. The molecule has 180 valence electrons. The molecule has 0 saturated heterocycles. The molecule has 2 aliphatic rings. The predicted molar refractivity (Wildman–Crippen MR) is 128 cm³/mol. The van der Waals surface area contributed by atoms with Crippen LogP contribution >= 0.6 is 0 Å². The summed E-state index contributed by atoms with van der Waals surface area (Å²) in [5.41, 5.74) is 1.47. The molecule has 0 aromatic heterocycles. The molecule has 10 heteroatoms. The molecule has 2 aliphatic heterocycles. The van der Waals surface area contributed by atoms with Crippen LogP contribution in [-0.2, 0) is 28.7 Å². The Balaban J connectivity index is 1.24. The van der Waals surface area contributed by atoms with Crippen molar-refractivity contribution in [3.63, 3.8) is 0 Å². The number of anilines is 2. The normalized spacial score (nSPS) is 15.9. The molecule has 2 amide bonds. The summed E-state index contributed by atoms with van der Waals surface area (Å²) < 4.78 is 10.5. The number of esters is 2. The molecule has 0 saturated carbocycles. The van der Waals surface area contributed by atoms with Gasteiger partial charge in [-0.15, -0.1) is 0 Å². The molecule has 0 N–H and O–H groups in total. The lowest BCUT2D eigenvalue weighted by Crippen LogP contribution is -2.35. The van der Waals surface area contributed by atoms with Crippen LogP contribution in [0.15, 0.2) is 70.9 Å². The zero-order chi connectivity index (χ0) is 24.6. The summed E-state index contributed by atoms with van der Waals surface area (Å²) in [5.74, 6) is -1.62. The zero-order valence-corrected chi connectivity index (χ0v) is 19.0. The smallest absolute Gasteiger partial charge is 0.354 e. The summed E-state index contributed by atoms with van der Waals surface area (Å²) in [6.07, 6.45) is 0.996. The standard InChI is InChI=1S/C25H24N4O6/c30-22-14-12-20(26-28(22)18-8-3-1-4-9-18)24(32)34-16-7-17-35-25(33)21-13-15-23(31)29(27-21)19-10-5-2-6-11-19/h1-6,8-11H,7,12-17H2. The maximum absolute atomic E-state index is 12.4. The van der Waals surface area contributed by atoms with Crippen molar-refractivity contribution >= 4 is 46.6 Å². The minimum atomic E-state index is -0.613. The highest BCUT2D eigenvalue weighted by molar-refractivity contribution is 6.38. The van der Waals surface area contributed by atoms with Crippen LogP contribution in [0.4, 0.5) is 11.4 Å². The van der Waals surface area contributed by atoms with E-state index in [0.717, 1.165) is 0 Å². The highest BCUT2D eigenvalue weighted by Gasteiger charge is 2.27. The fourth-order valence-corrected chi connectivity index (χ4v) is 3.50. The number of carbonyl (C=O) groups is 4. The second-order valence-electron chi connectivity index (χ2n) is 7.80. The van der Waals surface area contributed by atoms with Gasteiger partial charge in [-0.05, 0) is 24.3 Å². The molecule has 2 heterocycles. The van der Waals surface area contributed by atoms with E-state index in [1.54, 1.807) is 48.5 Å². The Morgan fingerprint density at radius 1 is 0.657 bits per heavy atom. The predicted octanol–water partition coefficient (Wildman–Crippen LogP) is 2.83. The molecular weight excluding hydrogens is 452 g/mol. The van der Waals surface area contributed by atoms with E-state index in [2.05, 4.69) is 10.2 Å². The van der Waals surface area contributed by atoms with Gasteiger partial charge in [0.25, 0.3) is 0 Å². The highest BCUT2D eigenvalue weighted by Crippen LogP contribution is 2.21. The Hall–Kier alpha value is -4.34. The Bertz CT molecular complexity index is 1070. The average molecular weight is 476 g/mol. The number of hydrogen-bond acceptors (Lipinski definition) is 8. The van der Waals surface area contributed by atoms with Crippen LogP contribution in [0.2, 0.25) is 0 Å². The van der Waals surface area contributed by atoms with Crippen molar-refractivity contribution in [2.75, 3.05) is 23.2 Å². The van der Waals surface area contributed by atoms with Crippen molar-refractivity contribution in [2.45, 2.75) is 32.1 Å². The quantitative estimate of drug-likeness (QED) is 0.427. The molecule has 0 aliphatic carbocycles. The van der Waals surface area contributed by atoms with Gasteiger partial charge in [0.05, 0.1) is 24.6 Å². The SMILES string of the molecule is O=C(OCCCOC(=O)C1=NN(c2ccccc2)C(=O)CC1)C1=NN(c2ccccc2)C(=O)CC1. The Morgan fingerprint density at radius 2 is 1.06 bits per heavy atom. The third-order valence-corrected chi connectivity index (χ3v) is 5.29. The highest BCUT2D eigenvalue weighted by atomic mass is 16.5. The van der Waals surface area contributed by atoms with Crippen LogP contribution in [0.3, 0.4) is 0 Å². The fraction of sp³-hybridized carbons (Fsp3) is 0.280. The molecule has 0 atom stereocenters. The third kappa shape index (κ3) is 5.97. The summed E-state index contributed by atoms with van der Waals surface area (Å²) in [7, 11) is 0. The summed E-state index contributed by atoms with van der Waals surface area (Å²) >= 11 is 0. The number of para-hydroxylation sites is 2. The van der Waals surface area contributed by atoms with Crippen molar-refractivity contribution in [1.82, 2.24) is 0 Å². The summed E-state index contributed by atoms with van der Waals surface area (Å²) in [4.78, 5) is 49.1. The lowest BCUT2D eigenvalue weighted by molar-refractivity contribution is -0.138. The van der Waals surface area contributed by atoms with Crippen molar-refractivity contribution in [3.05, 3.63) is 60.7 Å². The second-order valence-corrected chi connectivity index (χ2v) is 7.80. The van der Waals surface area contributed by atoms with Crippen LogP contribution in [-0.4, -0.2) is 48.4 Å². The van der Waals surface area contributed by atoms with Crippen LogP contribution in [0.5, 0.6) is 0 Å². The molecule has 2 aromatic carbocycles. The van der Waals surface area contributed by atoms with E-state index >= 15 is 0 Å². The van der Waals surface area contributed by atoms with E-state index in [1.807, 2.05) is 12.1 Å². The monoisotopic (exact) mass is 476 g/mol. The van der Waals surface area contributed by atoms with E-state index in [4.69, 9.17) is 9.47 Å². The largest absolute Gasteiger partial charge is 0.461 e. The van der Waals surface area contributed by atoms with E-state index < -0.39 is 11.9 Å². The number of benzene rings is 2. The molecule has 0 radical (unpaired) electrons. The van der Waals surface area contributed by atoms with Crippen LogP contribution in [0.1, 0.15) is 32.1 Å². The van der Waals surface area contributed by atoms with Gasteiger partial charge in [-0.3, -0.25) is 9.59 Å². The van der Waals surface area contributed by atoms with Crippen molar-refractivity contribution in [3.8, 4) is 0 Å². The molecule has 35 heavy (non-hydrogen) atoms. The minimum Gasteiger partial charge on any atom is -0.461 e. The first-order chi connectivity index (χ1) is 17.0. The van der Waals surface area contributed by atoms with Crippen LogP contribution in [0.25, 0.3) is 0 Å². The van der Waals surface area contributed by atoms with Crippen molar-refractivity contribution < 1.29 is 28.7 Å². The van der Waals surface area contributed by atoms with Gasteiger partial charge in [0.1, 0.15) is 11.4 Å². The number of amides is 2. The van der Waals surface area contributed by atoms with Gasteiger partial charge in [-0.1, -0.05) is 36.4 Å². The second kappa shape index (κ2) is 11.2. The van der Waals surface area contributed by atoms with E-state index in [0.29, 0.717) is 11.4 Å². The minimum absolute atomic E-state index is 0.0194. The first-order valence-corrected chi connectivity index (χ1v) is 11.3. The Kier molecular flexibility index (Phi) is 7.61. The summed E-state index contributed by atoms with van der Waals surface area (Å²) in [5, 5.41) is 10.7. The molecule has 0 spiro atoms. The van der Waals surface area contributed by atoms with Crippen LogP contribution < -0.4 is 10.0 Å². The topological polar surface area (TPSA) is 118 Å². The lowest BCUT2D eigenvalue weighted by Gasteiger charge is -2.23. The molecule has 0 unspecified atom stereocenters. The number of nitrogens with zero attached hydrogens (tertiary/aromatic N) is 4. The molecule has 0 bridgehead atoms. The van der Waals surface area contributed by atoms with E-state index in [1.165, 1.54) is 10.0 Å². The summed E-state index contributed by atoms with van der Waals surface area (Å²) in [6, 6.07) is 17.7. The van der Waals surface area contributed by atoms with Gasteiger partial charge in [-0.2, -0.15) is 10.2 Å². The van der Waals surface area contributed by atoms with Gasteiger partial charge in [0.15, 0.2) is 0 Å². The number of hydrogen-bond donors (Lipinski definition) is 0. The number of rotatable bonds is 8. The van der Waals surface area contributed by atoms with Gasteiger partial charge in [0, 0.05) is 32.1 Å². The molecule has 10 nitrogen and oxygen atoms in total.